The van der Waals surface area contributed by atoms with Crippen molar-refractivity contribution >= 4 is 17.6 Å². The Kier molecular flexibility index (Phi) is 6.21. The van der Waals surface area contributed by atoms with E-state index in [0.717, 1.165) is 0 Å². The van der Waals surface area contributed by atoms with E-state index in [1.54, 1.807) is 12.1 Å². The number of esters is 1. The highest BCUT2D eigenvalue weighted by atomic mass is 35.5. The maximum absolute atomic E-state index is 13.1. The molecule has 0 spiro atoms. The van der Waals surface area contributed by atoms with Gasteiger partial charge in [0.1, 0.15) is 19.0 Å². The molecule has 2 aromatic carbocycles. The molecule has 0 unspecified atom stereocenters. The van der Waals surface area contributed by atoms with Crippen LogP contribution in [0, 0.1) is 5.82 Å². The van der Waals surface area contributed by atoms with Crippen molar-refractivity contribution in [1.82, 2.24) is 0 Å². The molecule has 0 aliphatic carbocycles. The third kappa shape index (κ3) is 4.49. The molecule has 0 saturated heterocycles. The van der Waals surface area contributed by atoms with Crippen LogP contribution < -0.4 is 9.47 Å². The number of carbonyl (C=O) groups excluding carboxylic acids is 1. The van der Waals surface area contributed by atoms with Crippen LogP contribution in [0.3, 0.4) is 0 Å². The van der Waals surface area contributed by atoms with Gasteiger partial charge in [0.25, 0.3) is 0 Å². The quantitative estimate of drug-likeness (QED) is 0.548. The summed E-state index contributed by atoms with van der Waals surface area (Å²) in [5.41, 5.74) is 0.928. The lowest BCUT2D eigenvalue weighted by Crippen LogP contribution is -2.06. The summed E-state index contributed by atoms with van der Waals surface area (Å²) in [6.45, 7) is 3.70. The molecule has 0 aliphatic heterocycles. The average molecular weight is 351 g/mol. The molecule has 2 rings (SSSR count). The fourth-order valence-corrected chi connectivity index (χ4v) is 2.15. The number of methoxy groups -OCH3 is 1. The molecule has 6 heteroatoms. The maximum atomic E-state index is 13.1. The van der Waals surface area contributed by atoms with Crippen LogP contribution in [0.4, 0.5) is 4.39 Å². The first-order valence-corrected chi connectivity index (χ1v) is 7.45. The molecule has 0 atom stereocenters. The van der Waals surface area contributed by atoms with Gasteiger partial charge < -0.3 is 14.2 Å². The number of carbonyl (C=O) groups is 1. The Labute approximate surface area is 144 Å². The molecule has 4 nitrogen and oxygen atoms in total. The predicted octanol–water partition coefficient (Wildman–Crippen LogP) is 4.41. The van der Waals surface area contributed by atoms with Crippen LogP contribution >= 0.6 is 11.6 Å². The van der Waals surface area contributed by atoms with Crippen LogP contribution in [0.15, 0.2) is 49.1 Å². The van der Waals surface area contributed by atoms with E-state index in [0.29, 0.717) is 22.6 Å². The maximum Gasteiger partial charge on any atom is 0.338 e. The van der Waals surface area contributed by atoms with Crippen molar-refractivity contribution in [3.63, 3.8) is 0 Å². The van der Waals surface area contributed by atoms with E-state index in [1.807, 2.05) is 0 Å². The SMILES string of the molecule is C=CCOC(=O)c1ccc(OC)c(OCc2ccc(F)cc2Cl)c1. The highest BCUT2D eigenvalue weighted by Crippen LogP contribution is 2.30. The molecular formula is C18H16ClFO4. The molecular weight excluding hydrogens is 335 g/mol. The fourth-order valence-electron chi connectivity index (χ4n) is 1.93. The molecule has 0 bridgehead atoms. The number of hydrogen-bond donors (Lipinski definition) is 0. The summed E-state index contributed by atoms with van der Waals surface area (Å²) >= 11 is 5.97. The van der Waals surface area contributed by atoms with Gasteiger partial charge in [0.15, 0.2) is 11.5 Å². The van der Waals surface area contributed by atoms with Gasteiger partial charge in [-0.1, -0.05) is 30.3 Å². The van der Waals surface area contributed by atoms with Gasteiger partial charge in [-0.05, 0) is 30.3 Å². The molecule has 0 fully saturated rings. The Morgan fingerprint density at radius 1 is 1.25 bits per heavy atom. The predicted molar refractivity (Wildman–Crippen MR) is 89.2 cm³/mol. The van der Waals surface area contributed by atoms with E-state index >= 15 is 0 Å². The summed E-state index contributed by atoms with van der Waals surface area (Å²) in [5, 5.41) is 0.260. The average Bonchev–Trinajstić information content (AvgIpc) is 2.58. The zero-order valence-corrected chi connectivity index (χ0v) is 13.8. The van der Waals surface area contributed by atoms with Crippen molar-refractivity contribution < 1.29 is 23.4 Å². The Morgan fingerprint density at radius 3 is 2.71 bits per heavy atom. The first kappa shape index (κ1) is 17.8. The minimum atomic E-state index is -0.498. The molecule has 0 amide bonds. The summed E-state index contributed by atoms with van der Waals surface area (Å²) in [6, 6.07) is 8.73. The topological polar surface area (TPSA) is 44.8 Å². The van der Waals surface area contributed by atoms with Crippen LogP contribution in [-0.2, 0) is 11.3 Å². The van der Waals surface area contributed by atoms with Crippen molar-refractivity contribution in [2.24, 2.45) is 0 Å². The van der Waals surface area contributed by atoms with Gasteiger partial charge in [-0.15, -0.1) is 0 Å². The number of rotatable bonds is 7. The van der Waals surface area contributed by atoms with Crippen LogP contribution in [0.25, 0.3) is 0 Å². The second-order valence-corrected chi connectivity index (χ2v) is 5.18. The molecule has 0 radical (unpaired) electrons. The van der Waals surface area contributed by atoms with Crippen LogP contribution in [0.5, 0.6) is 11.5 Å². The molecule has 0 saturated carbocycles. The lowest BCUT2D eigenvalue weighted by atomic mass is 10.2. The van der Waals surface area contributed by atoms with E-state index < -0.39 is 11.8 Å². The zero-order valence-electron chi connectivity index (χ0n) is 13.1. The molecule has 0 heterocycles. The summed E-state index contributed by atoms with van der Waals surface area (Å²) < 4.78 is 28.9. The largest absolute Gasteiger partial charge is 0.493 e. The van der Waals surface area contributed by atoms with Gasteiger partial charge in [-0.2, -0.15) is 0 Å². The molecule has 0 aliphatic rings. The first-order valence-electron chi connectivity index (χ1n) is 7.08. The molecule has 2 aromatic rings. The lowest BCUT2D eigenvalue weighted by Gasteiger charge is -2.13. The second kappa shape index (κ2) is 8.36. The number of halogens is 2. The summed E-state index contributed by atoms with van der Waals surface area (Å²) in [7, 11) is 1.49. The van der Waals surface area contributed by atoms with Crippen LogP contribution in [0.1, 0.15) is 15.9 Å². The second-order valence-electron chi connectivity index (χ2n) is 4.78. The monoisotopic (exact) mass is 350 g/mol. The third-order valence-electron chi connectivity index (χ3n) is 3.13. The van der Waals surface area contributed by atoms with E-state index in [1.165, 1.54) is 37.5 Å². The Balaban J connectivity index is 2.18. The van der Waals surface area contributed by atoms with Gasteiger partial charge in [0, 0.05) is 5.56 Å². The number of hydrogen-bond acceptors (Lipinski definition) is 4. The molecule has 24 heavy (non-hydrogen) atoms. The molecule has 0 N–H and O–H groups in total. The van der Waals surface area contributed by atoms with E-state index in [4.69, 9.17) is 25.8 Å². The van der Waals surface area contributed by atoms with Gasteiger partial charge in [0.05, 0.1) is 17.7 Å². The van der Waals surface area contributed by atoms with Crippen molar-refractivity contribution in [3.8, 4) is 11.5 Å². The van der Waals surface area contributed by atoms with Gasteiger partial charge in [-0.25, -0.2) is 9.18 Å². The number of ether oxygens (including phenoxy) is 3. The van der Waals surface area contributed by atoms with E-state index in [9.17, 15) is 9.18 Å². The van der Waals surface area contributed by atoms with Gasteiger partial charge in [0.2, 0.25) is 0 Å². The van der Waals surface area contributed by atoms with Crippen molar-refractivity contribution in [2.75, 3.05) is 13.7 Å². The Hall–Kier alpha value is -2.53. The minimum absolute atomic E-state index is 0.0978. The van der Waals surface area contributed by atoms with Crippen LogP contribution in [-0.4, -0.2) is 19.7 Å². The van der Waals surface area contributed by atoms with Gasteiger partial charge in [-0.3, -0.25) is 0 Å². The highest BCUT2D eigenvalue weighted by molar-refractivity contribution is 6.31. The Morgan fingerprint density at radius 2 is 2.04 bits per heavy atom. The van der Waals surface area contributed by atoms with Crippen molar-refractivity contribution in [2.45, 2.75) is 6.61 Å². The lowest BCUT2D eigenvalue weighted by molar-refractivity contribution is 0.0549. The standard InChI is InChI=1S/C18H16ClFO4/c1-3-8-23-18(21)12-5-7-16(22-2)17(9-12)24-11-13-4-6-14(20)10-15(13)19/h3-7,9-10H,1,8,11H2,2H3. The summed E-state index contributed by atoms with van der Waals surface area (Å²) in [6.07, 6.45) is 1.48. The summed E-state index contributed by atoms with van der Waals surface area (Å²) in [5.74, 6) is -0.116. The Bertz CT molecular complexity index is 746. The summed E-state index contributed by atoms with van der Waals surface area (Å²) in [4.78, 5) is 11.9. The van der Waals surface area contributed by atoms with Crippen molar-refractivity contribution in [1.29, 1.82) is 0 Å². The van der Waals surface area contributed by atoms with E-state index in [-0.39, 0.29) is 18.2 Å². The van der Waals surface area contributed by atoms with E-state index in [2.05, 4.69) is 6.58 Å². The smallest absolute Gasteiger partial charge is 0.338 e. The van der Waals surface area contributed by atoms with Gasteiger partial charge >= 0.3 is 5.97 Å². The normalized spacial score (nSPS) is 10.1. The van der Waals surface area contributed by atoms with Crippen LogP contribution in [0.2, 0.25) is 5.02 Å². The highest BCUT2D eigenvalue weighted by Gasteiger charge is 2.13. The number of benzene rings is 2. The first-order chi connectivity index (χ1) is 11.5. The van der Waals surface area contributed by atoms with Crippen molar-refractivity contribution in [3.05, 3.63) is 71.0 Å². The molecule has 0 aromatic heterocycles. The minimum Gasteiger partial charge on any atom is -0.493 e. The zero-order chi connectivity index (χ0) is 17.5. The fraction of sp³-hybridized carbons (Fsp3) is 0.167. The third-order valence-corrected chi connectivity index (χ3v) is 3.48. The molecule has 126 valence electrons.